The Hall–Kier alpha value is -0.170. The summed E-state index contributed by atoms with van der Waals surface area (Å²) in [4.78, 5) is 0. The average Bonchev–Trinajstić information content (AvgIpc) is 2.26. The number of nitrogens with one attached hydrogen (secondary N) is 1. The minimum atomic E-state index is -3.18. The molecule has 2 N–H and O–H groups in total. The molecule has 0 radical (unpaired) electrons. The van der Waals surface area contributed by atoms with Gasteiger partial charge in [-0.2, -0.15) is 0 Å². The van der Waals surface area contributed by atoms with Crippen molar-refractivity contribution >= 4 is 10.0 Å². The molecular formula is C9H19NO4S. The van der Waals surface area contributed by atoms with Gasteiger partial charge < -0.3 is 9.84 Å². The fourth-order valence-electron chi connectivity index (χ4n) is 1.56. The molecule has 1 heterocycles. The molecule has 0 aromatic rings. The molecule has 0 amide bonds. The summed E-state index contributed by atoms with van der Waals surface area (Å²) in [5, 5.41) is 8.25. The molecule has 90 valence electrons. The molecule has 0 bridgehead atoms. The van der Waals surface area contributed by atoms with Crippen molar-refractivity contribution in [2.45, 2.75) is 30.9 Å². The van der Waals surface area contributed by atoms with E-state index < -0.39 is 10.0 Å². The summed E-state index contributed by atoms with van der Waals surface area (Å²) in [5.74, 6) is 0. The van der Waals surface area contributed by atoms with Crippen LogP contribution in [0.5, 0.6) is 0 Å². The lowest BCUT2D eigenvalue weighted by atomic mass is 10.2. The Morgan fingerprint density at radius 3 is 2.53 bits per heavy atom. The fourth-order valence-corrected chi connectivity index (χ4v) is 3.03. The first-order chi connectivity index (χ1) is 7.17. The molecule has 0 aromatic heterocycles. The smallest absolute Gasteiger partial charge is 0.214 e. The van der Waals surface area contributed by atoms with Crippen LogP contribution in [0.4, 0.5) is 0 Å². The third-order valence-electron chi connectivity index (χ3n) is 2.50. The molecule has 15 heavy (non-hydrogen) atoms. The highest BCUT2D eigenvalue weighted by molar-refractivity contribution is 7.90. The fraction of sp³-hybridized carbons (Fsp3) is 1.00. The van der Waals surface area contributed by atoms with E-state index in [1.165, 1.54) is 0 Å². The molecule has 0 aliphatic carbocycles. The summed E-state index contributed by atoms with van der Waals surface area (Å²) in [6.07, 6.45) is 2.47. The molecule has 1 rings (SSSR count). The number of rotatable bonds is 6. The standard InChI is InChI=1S/C9H19NO4S/c11-6-2-1-5-10-15(12,13)9-3-7-14-8-4-9/h9-11H,1-8H2. The first-order valence-electron chi connectivity index (χ1n) is 5.34. The van der Waals surface area contributed by atoms with Crippen molar-refractivity contribution in [3.63, 3.8) is 0 Å². The Morgan fingerprint density at radius 1 is 1.27 bits per heavy atom. The van der Waals surface area contributed by atoms with E-state index in [1.54, 1.807) is 0 Å². The van der Waals surface area contributed by atoms with Crippen LogP contribution in [0.1, 0.15) is 25.7 Å². The number of aliphatic hydroxyl groups is 1. The molecule has 0 saturated carbocycles. The van der Waals surface area contributed by atoms with Gasteiger partial charge in [-0.15, -0.1) is 0 Å². The maximum Gasteiger partial charge on any atom is 0.214 e. The SMILES string of the molecule is O=S(=O)(NCCCCO)C1CCOCC1. The maximum absolute atomic E-state index is 11.7. The van der Waals surface area contributed by atoms with E-state index in [2.05, 4.69) is 4.72 Å². The zero-order valence-electron chi connectivity index (χ0n) is 8.81. The Labute approximate surface area is 90.9 Å². The zero-order chi connectivity index (χ0) is 11.1. The highest BCUT2D eigenvalue weighted by Gasteiger charge is 2.26. The monoisotopic (exact) mass is 237 g/mol. The van der Waals surface area contributed by atoms with Crippen LogP contribution in [0.15, 0.2) is 0 Å². The normalized spacial score (nSPS) is 19.3. The maximum atomic E-state index is 11.7. The van der Waals surface area contributed by atoms with Gasteiger partial charge in [-0.25, -0.2) is 13.1 Å². The van der Waals surface area contributed by atoms with Gasteiger partial charge in [0.15, 0.2) is 0 Å². The van der Waals surface area contributed by atoms with E-state index in [0.29, 0.717) is 45.4 Å². The molecule has 6 heteroatoms. The largest absolute Gasteiger partial charge is 0.396 e. The van der Waals surface area contributed by atoms with Crippen molar-refractivity contribution in [3.8, 4) is 0 Å². The summed E-state index contributed by atoms with van der Waals surface area (Å²) >= 11 is 0. The first kappa shape index (κ1) is 12.9. The van der Waals surface area contributed by atoms with Crippen molar-refractivity contribution in [3.05, 3.63) is 0 Å². The van der Waals surface area contributed by atoms with Crippen LogP contribution < -0.4 is 4.72 Å². The van der Waals surface area contributed by atoms with E-state index in [0.717, 1.165) is 0 Å². The minimum Gasteiger partial charge on any atom is -0.396 e. The van der Waals surface area contributed by atoms with Crippen LogP contribution in [0.2, 0.25) is 0 Å². The van der Waals surface area contributed by atoms with E-state index >= 15 is 0 Å². The van der Waals surface area contributed by atoms with Gasteiger partial charge in [0.25, 0.3) is 0 Å². The topological polar surface area (TPSA) is 75.6 Å². The molecule has 0 aromatic carbocycles. The number of unbranched alkanes of at least 4 members (excludes halogenated alkanes) is 1. The third kappa shape index (κ3) is 4.46. The summed E-state index contributed by atoms with van der Waals surface area (Å²) in [7, 11) is -3.18. The lowest BCUT2D eigenvalue weighted by molar-refractivity contribution is 0.0981. The number of ether oxygens (including phenoxy) is 1. The van der Waals surface area contributed by atoms with Crippen molar-refractivity contribution in [1.29, 1.82) is 0 Å². The van der Waals surface area contributed by atoms with Gasteiger partial charge in [0.05, 0.1) is 5.25 Å². The molecule has 1 saturated heterocycles. The van der Waals surface area contributed by atoms with E-state index in [9.17, 15) is 8.42 Å². The Bertz CT molecular complexity index is 259. The number of hydrogen-bond donors (Lipinski definition) is 2. The highest BCUT2D eigenvalue weighted by atomic mass is 32.2. The van der Waals surface area contributed by atoms with E-state index in [1.807, 2.05) is 0 Å². The first-order valence-corrected chi connectivity index (χ1v) is 6.88. The van der Waals surface area contributed by atoms with Crippen LogP contribution in [0.25, 0.3) is 0 Å². The van der Waals surface area contributed by atoms with Gasteiger partial charge in [0.1, 0.15) is 0 Å². The van der Waals surface area contributed by atoms with Gasteiger partial charge in [-0.3, -0.25) is 0 Å². The van der Waals surface area contributed by atoms with Gasteiger partial charge in [0.2, 0.25) is 10.0 Å². The Kier molecular flexibility index (Phi) is 5.52. The van der Waals surface area contributed by atoms with Gasteiger partial charge in [-0.1, -0.05) is 0 Å². The number of hydrogen-bond acceptors (Lipinski definition) is 4. The second-order valence-electron chi connectivity index (χ2n) is 3.68. The predicted octanol–water partition coefficient (Wildman–Crippen LogP) is -0.143. The van der Waals surface area contributed by atoms with Gasteiger partial charge >= 0.3 is 0 Å². The molecule has 5 nitrogen and oxygen atoms in total. The summed E-state index contributed by atoms with van der Waals surface area (Å²) in [6, 6.07) is 0. The van der Waals surface area contributed by atoms with Gasteiger partial charge in [0, 0.05) is 26.4 Å². The molecule has 0 atom stereocenters. The summed E-state index contributed by atoms with van der Waals surface area (Å²) in [6.45, 7) is 1.59. The minimum absolute atomic E-state index is 0.110. The Morgan fingerprint density at radius 2 is 1.93 bits per heavy atom. The zero-order valence-corrected chi connectivity index (χ0v) is 9.63. The van der Waals surface area contributed by atoms with Crippen molar-refractivity contribution < 1.29 is 18.3 Å². The van der Waals surface area contributed by atoms with Crippen molar-refractivity contribution in [2.75, 3.05) is 26.4 Å². The van der Waals surface area contributed by atoms with Crippen molar-refractivity contribution in [1.82, 2.24) is 4.72 Å². The van der Waals surface area contributed by atoms with Crippen LogP contribution in [0, 0.1) is 0 Å². The van der Waals surface area contributed by atoms with Gasteiger partial charge in [-0.05, 0) is 25.7 Å². The van der Waals surface area contributed by atoms with Crippen LogP contribution in [0.3, 0.4) is 0 Å². The van der Waals surface area contributed by atoms with E-state index in [4.69, 9.17) is 9.84 Å². The molecule has 0 unspecified atom stereocenters. The molecular weight excluding hydrogens is 218 g/mol. The van der Waals surface area contributed by atoms with Crippen LogP contribution in [-0.2, 0) is 14.8 Å². The highest BCUT2D eigenvalue weighted by Crippen LogP contribution is 2.14. The lowest BCUT2D eigenvalue weighted by Crippen LogP contribution is -2.38. The predicted molar refractivity (Wildman–Crippen MR) is 57.1 cm³/mol. The molecule has 1 fully saturated rings. The molecule has 1 aliphatic heterocycles. The third-order valence-corrected chi connectivity index (χ3v) is 4.45. The molecule has 1 aliphatic rings. The average molecular weight is 237 g/mol. The molecule has 0 spiro atoms. The quantitative estimate of drug-likeness (QED) is 0.630. The number of sulfonamides is 1. The van der Waals surface area contributed by atoms with Crippen LogP contribution in [-0.4, -0.2) is 45.1 Å². The summed E-state index contributed by atoms with van der Waals surface area (Å²) < 4.78 is 31.1. The number of aliphatic hydroxyl groups excluding tert-OH is 1. The summed E-state index contributed by atoms with van der Waals surface area (Å²) in [5.41, 5.74) is 0. The second kappa shape index (κ2) is 6.42. The lowest BCUT2D eigenvalue weighted by Gasteiger charge is -2.22. The van der Waals surface area contributed by atoms with Crippen LogP contribution >= 0.6 is 0 Å². The van der Waals surface area contributed by atoms with E-state index in [-0.39, 0.29) is 11.9 Å². The second-order valence-corrected chi connectivity index (χ2v) is 5.73. The van der Waals surface area contributed by atoms with Crippen molar-refractivity contribution in [2.24, 2.45) is 0 Å². The Balaban J connectivity index is 2.30.